The third-order valence-corrected chi connectivity index (χ3v) is 5.22. The van der Waals surface area contributed by atoms with E-state index in [9.17, 15) is 4.79 Å². The van der Waals surface area contributed by atoms with Crippen molar-refractivity contribution in [2.75, 3.05) is 13.2 Å². The molecule has 3 aromatic rings. The molecular weight excluding hydrogens is 364 g/mol. The first-order valence-electron chi connectivity index (χ1n) is 10.3. The first-order valence-corrected chi connectivity index (χ1v) is 10.3. The molecule has 0 bridgehead atoms. The number of allylic oxidation sites excluding steroid dienone is 1. The number of carbonyl (C=O) groups is 1. The number of hydrogen-bond acceptors (Lipinski definition) is 4. The van der Waals surface area contributed by atoms with Crippen molar-refractivity contribution in [3.05, 3.63) is 59.9 Å². The summed E-state index contributed by atoms with van der Waals surface area (Å²) >= 11 is 0. The maximum Gasteiger partial charge on any atom is 0.256 e. The molecule has 1 aliphatic carbocycles. The van der Waals surface area contributed by atoms with Crippen molar-refractivity contribution < 1.29 is 9.53 Å². The zero-order valence-corrected chi connectivity index (χ0v) is 16.7. The highest BCUT2D eigenvalue weighted by Crippen LogP contribution is 2.24. The molecule has 0 radical (unpaired) electrons. The largest absolute Gasteiger partial charge is 0.494 e. The SMILES string of the molecule is CCOc1ccc(-c2ccnc3c(C(=O)NCCC4=CCCCC4)cnn23)cc1. The third-order valence-electron chi connectivity index (χ3n) is 5.22. The van der Waals surface area contributed by atoms with Gasteiger partial charge in [-0.2, -0.15) is 5.10 Å². The van der Waals surface area contributed by atoms with E-state index in [1.54, 1.807) is 16.9 Å². The smallest absolute Gasteiger partial charge is 0.256 e. The maximum absolute atomic E-state index is 12.7. The molecule has 1 aromatic carbocycles. The number of amides is 1. The Labute approximate surface area is 170 Å². The molecule has 0 saturated carbocycles. The lowest BCUT2D eigenvalue weighted by atomic mass is 9.97. The summed E-state index contributed by atoms with van der Waals surface area (Å²) in [6.45, 7) is 3.23. The van der Waals surface area contributed by atoms with Crippen molar-refractivity contribution in [2.45, 2.75) is 39.0 Å². The van der Waals surface area contributed by atoms with Gasteiger partial charge in [0.25, 0.3) is 5.91 Å². The van der Waals surface area contributed by atoms with Gasteiger partial charge in [0, 0.05) is 18.3 Å². The lowest BCUT2D eigenvalue weighted by Gasteiger charge is -2.12. The molecule has 2 heterocycles. The predicted octanol–water partition coefficient (Wildman–Crippen LogP) is 4.42. The predicted molar refractivity (Wildman–Crippen MR) is 113 cm³/mol. The summed E-state index contributed by atoms with van der Waals surface area (Å²) in [4.78, 5) is 17.1. The monoisotopic (exact) mass is 390 g/mol. The molecular formula is C23H26N4O2. The van der Waals surface area contributed by atoms with E-state index in [-0.39, 0.29) is 5.91 Å². The Morgan fingerprint density at radius 3 is 2.83 bits per heavy atom. The van der Waals surface area contributed by atoms with E-state index in [2.05, 4.69) is 21.5 Å². The van der Waals surface area contributed by atoms with Crippen molar-refractivity contribution in [1.29, 1.82) is 0 Å². The van der Waals surface area contributed by atoms with Crippen molar-refractivity contribution in [2.24, 2.45) is 0 Å². The summed E-state index contributed by atoms with van der Waals surface area (Å²) in [6, 6.07) is 9.73. The summed E-state index contributed by atoms with van der Waals surface area (Å²) in [5, 5.41) is 7.44. The van der Waals surface area contributed by atoms with Crippen molar-refractivity contribution in [1.82, 2.24) is 19.9 Å². The van der Waals surface area contributed by atoms with Crippen LogP contribution in [0, 0.1) is 0 Å². The minimum Gasteiger partial charge on any atom is -0.494 e. The Balaban J connectivity index is 1.50. The second-order valence-corrected chi connectivity index (χ2v) is 7.20. The van der Waals surface area contributed by atoms with Gasteiger partial charge in [-0.3, -0.25) is 4.79 Å². The van der Waals surface area contributed by atoms with E-state index in [1.165, 1.54) is 18.4 Å². The first-order chi connectivity index (χ1) is 14.3. The number of aromatic nitrogens is 3. The minimum atomic E-state index is -0.132. The molecule has 4 rings (SSSR count). The molecule has 6 heteroatoms. The topological polar surface area (TPSA) is 68.5 Å². The molecule has 1 aliphatic rings. The van der Waals surface area contributed by atoms with E-state index in [4.69, 9.17) is 4.74 Å². The molecule has 0 saturated heterocycles. The van der Waals surface area contributed by atoms with Gasteiger partial charge in [0.15, 0.2) is 5.65 Å². The van der Waals surface area contributed by atoms with E-state index in [1.807, 2.05) is 37.3 Å². The molecule has 0 atom stereocenters. The normalized spacial score (nSPS) is 13.9. The van der Waals surface area contributed by atoms with E-state index in [0.717, 1.165) is 36.3 Å². The van der Waals surface area contributed by atoms with Crippen LogP contribution in [-0.2, 0) is 0 Å². The van der Waals surface area contributed by atoms with E-state index < -0.39 is 0 Å². The van der Waals surface area contributed by atoms with Gasteiger partial charge in [0.05, 0.1) is 18.5 Å². The zero-order valence-electron chi connectivity index (χ0n) is 16.7. The van der Waals surface area contributed by atoms with Gasteiger partial charge < -0.3 is 10.1 Å². The number of fused-ring (bicyclic) bond motifs is 1. The van der Waals surface area contributed by atoms with Crippen LogP contribution in [0.1, 0.15) is 49.4 Å². The Morgan fingerprint density at radius 2 is 2.07 bits per heavy atom. The molecule has 29 heavy (non-hydrogen) atoms. The van der Waals surface area contributed by atoms with Crippen LogP contribution in [0.3, 0.4) is 0 Å². The Bertz CT molecular complexity index is 1020. The lowest BCUT2D eigenvalue weighted by molar-refractivity contribution is 0.0955. The maximum atomic E-state index is 12.7. The van der Waals surface area contributed by atoms with Gasteiger partial charge in [-0.1, -0.05) is 11.6 Å². The third kappa shape index (κ3) is 4.31. The average Bonchev–Trinajstić information content (AvgIpc) is 3.20. The zero-order chi connectivity index (χ0) is 20.1. The molecule has 1 N–H and O–H groups in total. The Morgan fingerprint density at radius 1 is 1.21 bits per heavy atom. The van der Waals surface area contributed by atoms with E-state index in [0.29, 0.717) is 24.4 Å². The van der Waals surface area contributed by atoms with Gasteiger partial charge in [-0.15, -0.1) is 0 Å². The number of carbonyl (C=O) groups excluding carboxylic acids is 1. The molecule has 150 valence electrons. The molecule has 0 fully saturated rings. The molecule has 0 spiro atoms. The van der Waals surface area contributed by atoms with Crippen LogP contribution in [0.15, 0.2) is 54.4 Å². The average molecular weight is 390 g/mol. The molecule has 2 aromatic heterocycles. The van der Waals surface area contributed by atoms with Gasteiger partial charge in [-0.05, 0) is 69.4 Å². The number of ether oxygens (including phenoxy) is 1. The summed E-state index contributed by atoms with van der Waals surface area (Å²) in [6.07, 6.45) is 11.4. The number of nitrogens with zero attached hydrogens (tertiary/aromatic N) is 3. The van der Waals surface area contributed by atoms with Gasteiger partial charge in [-0.25, -0.2) is 9.50 Å². The Kier molecular flexibility index (Phi) is 5.89. The highest BCUT2D eigenvalue weighted by Gasteiger charge is 2.16. The van der Waals surface area contributed by atoms with Crippen LogP contribution in [0.4, 0.5) is 0 Å². The molecule has 1 amide bonds. The quantitative estimate of drug-likeness (QED) is 0.607. The standard InChI is InChI=1S/C23H26N4O2/c1-2-29-19-10-8-18(9-11-19)21-13-15-24-22-20(16-26-27(21)22)23(28)25-14-12-17-6-4-3-5-7-17/h6,8-11,13,15-16H,2-5,7,12,14H2,1H3,(H,25,28). The van der Waals surface area contributed by atoms with Gasteiger partial charge in [0.2, 0.25) is 0 Å². The second kappa shape index (κ2) is 8.90. The first kappa shape index (κ1) is 19.2. The fourth-order valence-electron chi connectivity index (χ4n) is 3.72. The summed E-state index contributed by atoms with van der Waals surface area (Å²) < 4.78 is 7.23. The van der Waals surface area contributed by atoms with Gasteiger partial charge in [0.1, 0.15) is 11.3 Å². The fraction of sp³-hybridized carbons (Fsp3) is 0.348. The van der Waals surface area contributed by atoms with E-state index >= 15 is 0 Å². The number of benzene rings is 1. The number of hydrogen-bond donors (Lipinski definition) is 1. The fourth-order valence-corrected chi connectivity index (χ4v) is 3.72. The van der Waals surface area contributed by atoms with Crippen LogP contribution in [-0.4, -0.2) is 33.7 Å². The van der Waals surface area contributed by atoms with Crippen molar-refractivity contribution in [3.8, 4) is 17.0 Å². The molecule has 6 nitrogen and oxygen atoms in total. The Hall–Kier alpha value is -3.15. The van der Waals surface area contributed by atoms with Crippen molar-refractivity contribution in [3.63, 3.8) is 0 Å². The van der Waals surface area contributed by atoms with Crippen LogP contribution in [0.5, 0.6) is 5.75 Å². The van der Waals surface area contributed by atoms with Crippen LogP contribution in [0.2, 0.25) is 0 Å². The van der Waals surface area contributed by atoms with Crippen molar-refractivity contribution >= 4 is 11.6 Å². The summed E-state index contributed by atoms with van der Waals surface area (Å²) in [7, 11) is 0. The van der Waals surface area contributed by atoms with Crippen LogP contribution < -0.4 is 10.1 Å². The number of rotatable bonds is 7. The van der Waals surface area contributed by atoms with Crippen LogP contribution in [0.25, 0.3) is 16.9 Å². The molecule has 0 unspecified atom stereocenters. The number of nitrogens with one attached hydrogen (secondary N) is 1. The summed E-state index contributed by atoms with van der Waals surface area (Å²) in [5.74, 6) is 0.697. The summed E-state index contributed by atoms with van der Waals surface area (Å²) in [5.41, 5.74) is 4.37. The minimum absolute atomic E-state index is 0.132. The second-order valence-electron chi connectivity index (χ2n) is 7.20. The lowest BCUT2D eigenvalue weighted by Crippen LogP contribution is -2.25. The van der Waals surface area contributed by atoms with Crippen LogP contribution >= 0.6 is 0 Å². The highest BCUT2D eigenvalue weighted by molar-refractivity contribution is 5.99. The van der Waals surface area contributed by atoms with Gasteiger partial charge >= 0.3 is 0 Å². The highest BCUT2D eigenvalue weighted by atomic mass is 16.5. The molecule has 0 aliphatic heterocycles.